The second kappa shape index (κ2) is 9.10. The van der Waals surface area contributed by atoms with Crippen molar-refractivity contribution in [3.63, 3.8) is 0 Å². The summed E-state index contributed by atoms with van der Waals surface area (Å²) in [4.78, 5) is 13.3. The fourth-order valence-corrected chi connectivity index (χ4v) is 4.18. The average molecular weight is 445 g/mol. The molecule has 3 rings (SSSR count). The Kier molecular flexibility index (Phi) is 6.55. The highest BCUT2D eigenvalue weighted by Gasteiger charge is 2.15. The number of rotatable bonds is 5. The number of carbonyl (C=O) groups excluding carboxylic acids is 1. The predicted octanol–water partition coefficient (Wildman–Crippen LogP) is 5.29. The van der Waals surface area contributed by atoms with Gasteiger partial charge in [0.15, 0.2) is 0 Å². The number of nitrogens with zero attached hydrogens (tertiary/aromatic N) is 1. The van der Waals surface area contributed by atoms with Crippen LogP contribution in [0.4, 0.5) is 5.69 Å². The number of anilines is 1. The molecule has 0 saturated carbocycles. The van der Waals surface area contributed by atoms with Crippen LogP contribution in [0.25, 0.3) is 0 Å². The third-order valence-corrected chi connectivity index (χ3v) is 6.01. The monoisotopic (exact) mass is 444 g/mol. The minimum Gasteiger partial charge on any atom is -0.497 e. The van der Waals surface area contributed by atoms with Crippen molar-refractivity contribution in [2.24, 2.45) is 0 Å². The van der Waals surface area contributed by atoms with Crippen molar-refractivity contribution < 1.29 is 13.7 Å². The molecule has 29 heavy (non-hydrogen) atoms. The van der Waals surface area contributed by atoms with Gasteiger partial charge in [0.2, 0.25) is 0 Å². The fraction of sp³-hybridized carbons (Fsp3) is 0.0476. The molecule has 3 aromatic rings. The number of hydrogen-bond acceptors (Lipinski definition) is 4. The van der Waals surface area contributed by atoms with Gasteiger partial charge in [0.25, 0.3) is 5.91 Å². The van der Waals surface area contributed by atoms with E-state index in [1.807, 2.05) is 6.07 Å². The molecule has 0 aliphatic rings. The van der Waals surface area contributed by atoms with Crippen LogP contribution in [0.3, 0.4) is 0 Å². The third-order valence-electron chi connectivity index (χ3n) is 4.01. The largest absolute Gasteiger partial charge is 0.497 e. The molecule has 0 saturated heterocycles. The summed E-state index contributed by atoms with van der Waals surface area (Å²) in [5, 5.41) is 12.8. The molecule has 0 heterocycles. The molecule has 8 heteroatoms. The van der Waals surface area contributed by atoms with Crippen LogP contribution in [-0.2, 0) is 10.8 Å². The lowest BCUT2D eigenvalue weighted by Gasteiger charge is -2.10. The SMILES string of the molecule is COc1ccc([S@](=O)c2ccc(NC(=O)c3ccc(Cl)cc3Cl)cc2C#N)cc1. The van der Waals surface area contributed by atoms with Gasteiger partial charge in [-0.3, -0.25) is 4.79 Å². The topological polar surface area (TPSA) is 79.2 Å². The Balaban J connectivity index is 1.85. The summed E-state index contributed by atoms with van der Waals surface area (Å²) in [7, 11) is -0.0126. The van der Waals surface area contributed by atoms with Crippen molar-refractivity contribution in [3.8, 4) is 11.8 Å². The number of ether oxygens (including phenoxy) is 1. The summed E-state index contributed by atoms with van der Waals surface area (Å²) in [6, 6.07) is 17.9. The van der Waals surface area contributed by atoms with Gasteiger partial charge in [0.05, 0.1) is 39.0 Å². The van der Waals surface area contributed by atoms with Crippen molar-refractivity contribution in [2.45, 2.75) is 9.79 Å². The summed E-state index contributed by atoms with van der Waals surface area (Å²) in [6.07, 6.45) is 0. The Hall–Kier alpha value is -2.85. The smallest absolute Gasteiger partial charge is 0.257 e. The van der Waals surface area contributed by atoms with Gasteiger partial charge in [-0.25, -0.2) is 4.21 Å². The molecule has 146 valence electrons. The number of methoxy groups -OCH3 is 1. The van der Waals surface area contributed by atoms with Crippen molar-refractivity contribution in [1.82, 2.24) is 0 Å². The van der Waals surface area contributed by atoms with Crippen molar-refractivity contribution in [1.29, 1.82) is 5.26 Å². The zero-order chi connectivity index (χ0) is 21.0. The van der Waals surface area contributed by atoms with E-state index < -0.39 is 16.7 Å². The normalized spacial score (nSPS) is 11.4. The number of nitrogens with one attached hydrogen (secondary N) is 1. The highest BCUT2D eigenvalue weighted by atomic mass is 35.5. The van der Waals surface area contributed by atoms with Gasteiger partial charge < -0.3 is 10.1 Å². The van der Waals surface area contributed by atoms with E-state index in [1.54, 1.807) is 49.6 Å². The molecule has 1 amide bonds. The standard InChI is InChI=1S/C21H14Cl2N2O3S/c1-28-16-4-6-17(7-5-16)29(27)20-9-3-15(10-13(20)12-24)25-21(26)18-8-2-14(22)11-19(18)23/h2-11H,1H3,(H,25,26)/t29-/m0/s1. The predicted molar refractivity (Wildman–Crippen MR) is 113 cm³/mol. The molecular formula is C21H14Cl2N2O3S. The Morgan fingerprint density at radius 2 is 1.79 bits per heavy atom. The Labute approximate surface area is 180 Å². The van der Waals surface area contributed by atoms with Gasteiger partial charge in [-0.05, 0) is 60.7 Å². The van der Waals surface area contributed by atoms with Crippen LogP contribution in [0.1, 0.15) is 15.9 Å². The van der Waals surface area contributed by atoms with Crippen LogP contribution in [0.5, 0.6) is 5.75 Å². The molecule has 5 nitrogen and oxygen atoms in total. The molecule has 0 unspecified atom stereocenters. The maximum Gasteiger partial charge on any atom is 0.257 e. The fourth-order valence-electron chi connectivity index (χ4n) is 2.56. The van der Waals surface area contributed by atoms with E-state index in [-0.39, 0.29) is 16.1 Å². The van der Waals surface area contributed by atoms with Crippen molar-refractivity contribution in [3.05, 3.63) is 81.8 Å². The van der Waals surface area contributed by atoms with Crippen LogP contribution >= 0.6 is 23.2 Å². The minimum atomic E-state index is -1.56. The lowest BCUT2D eigenvalue weighted by Crippen LogP contribution is -2.12. The highest BCUT2D eigenvalue weighted by Crippen LogP contribution is 2.26. The van der Waals surface area contributed by atoms with E-state index in [0.717, 1.165) is 0 Å². The lowest BCUT2D eigenvalue weighted by atomic mass is 10.2. The van der Waals surface area contributed by atoms with Crippen LogP contribution < -0.4 is 10.1 Å². The maximum absolute atomic E-state index is 12.9. The third kappa shape index (κ3) is 4.77. The molecule has 1 N–H and O–H groups in total. The van der Waals surface area contributed by atoms with Crippen molar-refractivity contribution in [2.75, 3.05) is 12.4 Å². The number of nitriles is 1. The van der Waals surface area contributed by atoms with Crippen LogP contribution in [0.2, 0.25) is 10.0 Å². The molecule has 0 radical (unpaired) electrons. The summed E-state index contributed by atoms with van der Waals surface area (Å²) < 4.78 is 18.0. The molecule has 0 aliphatic heterocycles. The first-order valence-electron chi connectivity index (χ1n) is 8.29. The quantitative estimate of drug-likeness (QED) is 0.579. The van der Waals surface area contributed by atoms with E-state index in [4.69, 9.17) is 27.9 Å². The Bertz CT molecular complexity index is 1140. The zero-order valence-electron chi connectivity index (χ0n) is 15.1. The zero-order valence-corrected chi connectivity index (χ0v) is 17.4. The maximum atomic E-state index is 12.9. The summed E-state index contributed by atoms with van der Waals surface area (Å²) in [6.45, 7) is 0. The minimum absolute atomic E-state index is 0.194. The van der Waals surface area contributed by atoms with Gasteiger partial charge in [0, 0.05) is 15.6 Å². The Morgan fingerprint density at radius 1 is 1.07 bits per heavy atom. The molecule has 0 aliphatic carbocycles. The van der Waals surface area contributed by atoms with Gasteiger partial charge in [-0.2, -0.15) is 5.26 Å². The molecule has 0 aromatic heterocycles. The first-order chi connectivity index (χ1) is 13.9. The first kappa shape index (κ1) is 20.9. The van der Waals surface area contributed by atoms with E-state index in [9.17, 15) is 14.3 Å². The molecule has 0 spiro atoms. The van der Waals surface area contributed by atoms with Gasteiger partial charge in [-0.1, -0.05) is 23.2 Å². The first-order valence-corrected chi connectivity index (χ1v) is 10.2. The lowest BCUT2D eigenvalue weighted by molar-refractivity contribution is 0.102. The van der Waals surface area contributed by atoms with E-state index in [0.29, 0.717) is 26.3 Å². The van der Waals surface area contributed by atoms with Crippen LogP contribution in [0, 0.1) is 11.3 Å². The number of amides is 1. The molecule has 0 fully saturated rings. The number of benzene rings is 3. The van der Waals surface area contributed by atoms with Gasteiger partial charge in [-0.15, -0.1) is 0 Å². The number of hydrogen-bond donors (Lipinski definition) is 1. The molecule has 3 aromatic carbocycles. The van der Waals surface area contributed by atoms with Crippen LogP contribution in [0.15, 0.2) is 70.5 Å². The second-order valence-corrected chi connectivity index (χ2v) is 8.14. The summed E-state index contributed by atoms with van der Waals surface area (Å²) in [5.74, 6) is 0.199. The van der Waals surface area contributed by atoms with E-state index in [1.165, 1.54) is 18.2 Å². The summed E-state index contributed by atoms with van der Waals surface area (Å²) >= 11 is 11.9. The van der Waals surface area contributed by atoms with Crippen molar-refractivity contribution >= 4 is 45.6 Å². The highest BCUT2D eigenvalue weighted by molar-refractivity contribution is 7.85. The Morgan fingerprint density at radius 3 is 2.41 bits per heavy atom. The molecule has 1 atom stereocenters. The van der Waals surface area contributed by atoms with Gasteiger partial charge >= 0.3 is 0 Å². The number of halogens is 2. The molecular weight excluding hydrogens is 431 g/mol. The number of carbonyl (C=O) groups is 1. The summed E-state index contributed by atoms with van der Waals surface area (Å²) in [5.41, 5.74) is 0.827. The second-order valence-electron chi connectivity index (χ2n) is 5.85. The van der Waals surface area contributed by atoms with E-state index >= 15 is 0 Å². The molecule has 0 bridgehead atoms. The van der Waals surface area contributed by atoms with E-state index in [2.05, 4.69) is 5.32 Å². The van der Waals surface area contributed by atoms with Crippen LogP contribution in [-0.4, -0.2) is 17.2 Å². The van der Waals surface area contributed by atoms with Gasteiger partial charge in [0.1, 0.15) is 11.8 Å². The average Bonchev–Trinajstić information content (AvgIpc) is 2.73.